The van der Waals surface area contributed by atoms with Crippen LogP contribution in [0, 0.1) is 0 Å². The monoisotopic (exact) mass is 841 g/mol. The van der Waals surface area contributed by atoms with Gasteiger partial charge in [-0.05, 0) is 51.4 Å². The Morgan fingerprint density at radius 2 is 0.517 bits per heavy atom. The molecule has 0 spiro atoms. The summed E-state index contributed by atoms with van der Waals surface area (Å²) in [7, 11) is 0. The minimum atomic E-state index is -2.05. The molecule has 4 aliphatic heterocycles. The van der Waals surface area contributed by atoms with E-state index in [1.807, 2.05) is 79.0 Å². The van der Waals surface area contributed by atoms with E-state index in [1.165, 1.54) is 0 Å². The van der Waals surface area contributed by atoms with Crippen LogP contribution in [0.5, 0.6) is 0 Å². The van der Waals surface area contributed by atoms with Gasteiger partial charge in [0, 0.05) is 51.4 Å². The molecule has 4 heterocycles. The van der Waals surface area contributed by atoms with Crippen LogP contribution in [0.1, 0.15) is 165 Å². The first-order valence-corrected chi connectivity index (χ1v) is 22.9. The summed E-state index contributed by atoms with van der Waals surface area (Å²) < 4.78 is 79.5. The number of allylic oxidation sites excluding steroid dienone is 8. The molecular formula is C49H76O11. The van der Waals surface area contributed by atoms with Crippen LogP contribution in [-0.4, -0.2) is 48.4 Å². The zero-order valence-electron chi connectivity index (χ0n) is 37.9. The van der Waals surface area contributed by atoms with Gasteiger partial charge in [0.2, 0.25) is 0 Å². The largest absolute Gasteiger partial charge is 0.299 e. The third-order valence-corrected chi connectivity index (χ3v) is 9.72. The molecule has 0 aliphatic carbocycles. The fourth-order valence-electron chi connectivity index (χ4n) is 7.11. The molecule has 0 saturated carbocycles. The Bertz CT molecular complexity index is 1420. The lowest BCUT2D eigenvalue weighted by Crippen LogP contribution is -2.74. The van der Waals surface area contributed by atoms with Crippen molar-refractivity contribution in [3.63, 3.8) is 0 Å². The molecule has 0 aromatic rings. The average molecular weight is 841 g/mol. The van der Waals surface area contributed by atoms with Crippen molar-refractivity contribution in [2.24, 2.45) is 0 Å². The molecule has 4 atom stereocenters. The highest BCUT2D eigenvalue weighted by atomic mass is 17.2. The lowest BCUT2D eigenvalue weighted by atomic mass is 10.2. The number of hydrogen-bond acceptors (Lipinski definition) is 11. The maximum atomic E-state index is 7.30. The van der Waals surface area contributed by atoms with Crippen LogP contribution in [0.4, 0.5) is 0 Å². The summed E-state index contributed by atoms with van der Waals surface area (Å²) in [4.78, 5) is 0. The van der Waals surface area contributed by atoms with Crippen molar-refractivity contribution in [3.05, 3.63) is 97.2 Å². The SMILES string of the molecule is CC/C=C/CC1OC2(C/C=C/CC)OC3(C/C=C/CC)OC(C/C=C/CC)OC4(C/C=C/CC)OC(C/C=C/CC)(O1)OC(C/C=C/CC)(O2)OC(C/C=C/CCC)(O3)O4. The molecule has 4 aliphatic rings. The Morgan fingerprint density at radius 1 is 0.283 bits per heavy atom. The van der Waals surface area contributed by atoms with E-state index in [2.05, 4.69) is 73.6 Å². The maximum Gasteiger partial charge on any atom is 0.299 e. The molecule has 11 nitrogen and oxygen atoms in total. The zero-order valence-corrected chi connectivity index (χ0v) is 37.9. The highest BCUT2D eigenvalue weighted by Crippen LogP contribution is 2.55. The maximum absolute atomic E-state index is 7.30. The molecule has 4 fully saturated rings. The summed E-state index contributed by atoms with van der Waals surface area (Å²) in [6.07, 6.45) is 38.1. The van der Waals surface area contributed by atoms with Gasteiger partial charge in [0.25, 0.3) is 35.8 Å². The van der Waals surface area contributed by atoms with Crippen LogP contribution in [0.25, 0.3) is 0 Å². The van der Waals surface area contributed by atoms with E-state index in [9.17, 15) is 0 Å². The fourth-order valence-corrected chi connectivity index (χ4v) is 7.11. The lowest BCUT2D eigenvalue weighted by molar-refractivity contribution is -0.733. The van der Waals surface area contributed by atoms with E-state index in [0.29, 0.717) is 12.8 Å². The molecule has 0 N–H and O–H groups in total. The number of rotatable bonds is 25. The standard InChI is InChI=1S/C49H76O11/c1-9-17-25-33-41-49-58-46(38-30-22-14-6)52-43(35-27-19-11-3)53-47(59-49,39-31-23-15-7)55-45(37-29-21-13-5)51-42(34-26-18-10-2)50-44(54-46,36-28-20-12-4)56-48(57-45,60-49)40-32-24-16-8/h18-33,42-43H,9-17,34-41H2,1-8H3/b26-18+,27-19+,28-20+,29-21+,30-22+,31-23+,32-24+,33-25+. The number of unbranched alkanes of at least 4 members (excludes halogenated alkanes) is 1. The molecule has 4 unspecified atom stereocenters. The van der Waals surface area contributed by atoms with Gasteiger partial charge in [-0.3, -0.25) is 52.1 Å². The van der Waals surface area contributed by atoms with E-state index in [-0.39, 0.29) is 38.5 Å². The van der Waals surface area contributed by atoms with Gasteiger partial charge in [0.05, 0.1) is 0 Å². The summed E-state index contributed by atoms with van der Waals surface area (Å²) in [5, 5.41) is 0. The van der Waals surface area contributed by atoms with E-state index in [0.717, 1.165) is 57.8 Å². The van der Waals surface area contributed by atoms with Crippen molar-refractivity contribution in [3.8, 4) is 0 Å². The Labute approximate surface area is 361 Å². The van der Waals surface area contributed by atoms with Gasteiger partial charge in [-0.2, -0.15) is 0 Å². The fraction of sp³-hybridized carbons (Fsp3) is 0.673. The second kappa shape index (κ2) is 24.9. The molecule has 338 valence electrons. The molecule has 6 bridgehead atoms. The van der Waals surface area contributed by atoms with Crippen LogP contribution in [0.2, 0.25) is 0 Å². The Kier molecular flexibility index (Phi) is 20.8. The van der Waals surface area contributed by atoms with Gasteiger partial charge < -0.3 is 0 Å². The summed E-state index contributed by atoms with van der Waals surface area (Å²) in [6, 6.07) is 0. The quantitative estimate of drug-likeness (QED) is 0.0821. The summed E-state index contributed by atoms with van der Waals surface area (Å²) in [5.41, 5.74) is 0. The second-order valence-electron chi connectivity index (χ2n) is 15.3. The third-order valence-electron chi connectivity index (χ3n) is 9.72. The molecule has 11 heteroatoms. The summed E-state index contributed by atoms with van der Waals surface area (Å²) >= 11 is 0. The van der Waals surface area contributed by atoms with E-state index < -0.39 is 48.4 Å². The molecule has 0 aromatic heterocycles. The second-order valence-corrected chi connectivity index (χ2v) is 15.3. The molecule has 0 radical (unpaired) electrons. The topological polar surface area (TPSA) is 102 Å². The van der Waals surface area contributed by atoms with Crippen LogP contribution in [0.15, 0.2) is 97.2 Å². The van der Waals surface area contributed by atoms with Crippen LogP contribution in [0.3, 0.4) is 0 Å². The van der Waals surface area contributed by atoms with Crippen LogP contribution >= 0.6 is 0 Å². The Morgan fingerprint density at radius 3 is 0.800 bits per heavy atom. The number of fused-ring (bicyclic) bond motifs is 4. The number of ether oxygens (including phenoxy) is 11. The highest BCUT2D eigenvalue weighted by molar-refractivity contribution is 4.99. The normalized spacial score (nSPS) is 35.3. The van der Waals surface area contributed by atoms with Crippen molar-refractivity contribution in [2.75, 3.05) is 0 Å². The first kappa shape index (κ1) is 50.1. The van der Waals surface area contributed by atoms with Gasteiger partial charge in [-0.1, -0.05) is 159 Å². The van der Waals surface area contributed by atoms with Crippen molar-refractivity contribution >= 4 is 0 Å². The molecular weight excluding hydrogens is 765 g/mol. The van der Waals surface area contributed by atoms with Crippen LogP contribution < -0.4 is 0 Å². The smallest absolute Gasteiger partial charge is 0.297 e. The van der Waals surface area contributed by atoms with Crippen molar-refractivity contribution < 1.29 is 52.1 Å². The molecule has 0 aromatic carbocycles. The summed E-state index contributed by atoms with van der Waals surface area (Å²) in [6.45, 7) is 16.6. The first-order valence-electron chi connectivity index (χ1n) is 22.9. The molecule has 0 amide bonds. The first-order chi connectivity index (χ1) is 29.1. The molecule has 60 heavy (non-hydrogen) atoms. The predicted molar refractivity (Wildman–Crippen MR) is 233 cm³/mol. The summed E-state index contributed by atoms with van der Waals surface area (Å²) in [5.74, 6) is -12.0. The minimum Gasteiger partial charge on any atom is -0.297 e. The highest BCUT2D eigenvalue weighted by Gasteiger charge is 2.70. The van der Waals surface area contributed by atoms with Crippen molar-refractivity contribution in [1.29, 1.82) is 0 Å². The van der Waals surface area contributed by atoms with Crippen LogP contribution in [-0.2, 0) is 52.1 Å². The van der Waals surface area contributed by atoms with E-state index >= 15 is 0 Å². The molecule has 4 rings (SSSR count). The average Bonchev–Trinajstić information content (AvgIpc) is 3.18. The minimum absolute atomic E-state index is 0.0456. The predicted octanol–water partition coefficient (Wildman–Crippen LogP) is 13.0. The van der Waals surface area contributed by atoms with Gasteiger partial charge in [0.15, 0.2) is 12.6 Å². The third kappa shape index (κ3) is 14.5. The van der Waals surface area contributed by atoms with Gasteiger partial charge in [0.1, 0.15) is 0 Å². The van der Waals surface area contributed by atoms with Gasteiger partial charge in [-0.25, -0.2) is 0 Å². The number of hydrogen-bond donors (Lipinski definition) is 0. The lowest BCUT2D eigenvalue weighted by Gasteiger charge is -2.61. The Hall–Kier alpha value is -2.52. The van der Waals surface area contributed by atoms with E-state index in [1.54, 1.807) is 0 Å². The Balaban J connectivity index is 2.19. The van der Waals surface area contributed by atoms with E-state index in [4.69, 9.17) is 52.1 Å². The zero-order chi connectivity index (χ0) is 43.3. The molecule has 4 saturated heterocycles. The van der Waals surface area contributed by atoms with Crippen molar-refractivity contribution in [2.45, 2.75) is 213 Å². The van der Waals surface area contributed by atoms with Gasteiger partial charge >= 0.3 is 0 Å². The van der Waals surface area contributed by atoms with Gasteiger partial charge in [-0.15, -0.1) is 0 Å². The van der Waals surface area contributed by atoms with Crippen molar-refractivity contribution in [1.82, 2.24) is 0 Å².